The monoisotopic (exact) mass is 728 g/mol. The van der Waals surface area contributed by atoms with E-state index in [-0.39, 0.29) is 72.0 Å². The molecule has 50 heavy (non-hydrogen) atoms. The number of thioether (sulfide) groups is 1. The Labute approximate surface area is 303 Å². The highest BCUT2D eigenvalue weighted by Gasteiger charge is 2.44. The standard InChI is InChI=1S/C36H64N4O9S/c1-5-36(4,28-12-10-8-6-7-9-11-13-28)50-29-26-32(43)40(35(29)45)17-14-30(41)38-16-19-47-21-23-49-25-24-48-22-20-46-18-15-31(42)39-33(27(2)3)34(37)44/h27-29,33H,5-26H2,1-4H3,(H2,37,44)(H,38,41)(H,39,42)/t29?,33-,36?/m0/s1. The Morgan fingerprint density at radius 1 is 0.840 bits per heavy atom. The fraction of sp³-hybridized carbons (Fsp3) is 0.861. The van der Waals surface area contributed by atoms with Crippen LogP contribution in [0.25, 0.3) is 0 Å². The highest BCUT2D eigenvalue weighted by atomic mass is 32.2. The maximum atomic E-state index is 13.2. The third-order valence-electron chi connectivity index (χ3n) is 9.55. The van der Waals surface area contributed by atoms with Crippen LogP contribution >= 0.6 is 11.8 Å². The molecule has 1 saturated heterocycles. The number of nitrogens with two attached hydrogens (primary N) is 1. The van der Waals surface area contributed by atoms with Gasteiger partial charge in [0, 0.05) is 37.1 Å². The molecule has 2 aliphatic rings. The summed E-state index contributed by atoms with van der Waals surface area (Å²) in [6.07, 6.45) is 11.4. The number of hydrogen-bond acceptors (Lipinski definition) is 10. The van der Waals surface area contributed by atoms with E-state index in [1.165, 1.54) is 56.3 Å². The van der Waals surface area contributed by atoms with Crippen molar-refractivity contribution in [3.8, 4) is 0 Å². The molecule has 14 heteroatoms. The average molecular weight is 729 g/mol. The Bertz CT molecular complexity index is 1040. The number of hydrogen-bond donors (Lipinski definition) is 3. The first kappa shape index (κ1) is 43.9. The molecular formula is C36H64N4O9S. The summed E-state index contributed by atoms with van der Waals surface area (Å²) in [7, 11) is 0. The van der Waals surface area contributed by atoms with Crippen LogP contribution in [0, 0.1) is 11.8 Å². The number of amides is 5. The van der Waals surface area contributed by atoms with Crippen molar-refractivity contribution in [2.75, 3.05) is 65.9 Å². The van der Waals surface area contributed by atoms with Gasteiger partial charge in [0.2, 0.25) is 29.5 Å². The van der Waals surface area contributed by atoms with Crippen LogP contribution < -0.4 is 16.4 Å². The third kappa shape index (κ3) is 16.8. The molecule has 1 aliphatic heterocycles. The normalized spacial score (nSPS) is 19.5. The molecule has 1 saturated carbocycles. The van der Waals surface area contributed by atoms with Gasteiger partial charge in [0.05, 0.1) is 58.1 Å². The SMILES string of the molecule is CCC(C)(SC1CC(=O)N(CCC(=O)NCCOCCOCCOCCOCCC(=O)N[C@H](C(N)=O)C(C)C)C1=O)C1CCCCCCCC1. The molecule has 2 fully saturated rings. The summed E-state index contributed by atoms with van der Waals surface area (Å²) < 4.78 is 21.7. The molecule has 0 spiro atoms. The number of imide groups is 1. The zero-order chi connectivity index (χ0) is 36.8. The number of primary amides is 1. The Hall–Kier alpha value is -2.26. The van der Waals surface area contributed by atoms with Gasteiger partial charge in [-0.05, 0) is 31.1 Å². The van der Waals surface area contributed by atoms with Crippen LogP contribution in [-0.4, -0.2) is 116 Å². The molecule has 0 radical (unpaired) electrons. The average Bonchev–Trinajstić information content (AvgIpc) is 3.42. The number of nitrogens with one attached hydrogen (secondary N) is 2. The van der Waals surface area contributed by atoms with Crippen LogP contribution in [0.5, 0.6) is 0 Å². The van der Waals surface area contributed by atoms with Gasteiger partial charge in [-0.3, -0.25) is 28.9 Å². The number of nitrogens with zero attached hydrogens (tertiary/aromatic N) is 1. The van der Waals surface area contributed by atoms with Gasteiger partial charge in [-0.1, -0.05) is 66.2 Å². The molecule has 2 unspecified atom stereocenters. The van der Waals surface area contributed by atoms with Crippen molar-refractivity contribution in [3.05, 3.63) is 0 Å². The Balaban J connectivity index is 1.47. The molecule has 5 amide bonds. The minimum Gasteiger partial charge on any atom is -0.379 e. The van der Waals surface area contributed by atoms with E-state index in [9.17, 15) is 24.0 Å². The molecule has 1 aliphatic carbocycles. The van der Waals surface area contributed by atoms with Gasteiger partial charge in [-0.2, -0.15) is 0 Å². The van der Waals surface area contributed by atoms with Crippen molar-refractivity contribution in [1.82, 2.24) is 15.5 Å². The summed E-state index contributed by atoms with van der Waals surface area (Å²) in [6.45, 7) is 11.2. The third-order valence-corrected chi connectivity index (χ3v) is 11.4. The largest absolute Gasteiger partial charge is 0.379 e. The first-order chi connectivity index (χ1) is 24.0. The number of likely N-dealkylation sites (tertiary alicyclic amines) is 1. The van der Waals surface area contributed by atoms with Crippen molar-refractivity contribution in [1.29, 1.82) is 0 Å². The van der Waals surface area contributed by atoms with Gasteiger partial charge in [-0.25, -0.2) is 0 Å². The molecule has 4 N–H and O–H groups in total. The first-order valence-electron chi connectivity index (χ1n) is 18.7. The highest BCUT2D eigenvalue weighted by molar-refractivity contribution is 8.02. The van der Waals surface area contributed by atoms with E-state index in [4.69, 9.17) is 24.7 Å². The maximum Gasteiger partial charge on any atom is 0.242 e. The van der Waals surface area contributed by atoms with Crippen LogP contribution in [0.3, 0.4) is 0 Å². The topological polar surface area (TPSA) is 176 Å². The number of carbonyl (C=O) groups is 5. The zero-order valence-corrected chi connectivity index (χ0v) is 31.8. The van der Waals surface area contributed by atoms with Crippen molar-refractivity contribution in [2.24, 2.45) is 17.6 Å². The van der Waals surface area contributed by atoms with E-state index in [2.05, 4.69) is 24.5 Å². The molecule has 2 rings (SSSR count). The molecular weight excluding hydrogens is 664 g/mol. The Kier molecular flexibility index (Phi) is 21.8. The van der Waals surface area contributed by atoms with Gasteiger partial charge < -0.3 is 35.3 Å². The van der Waals surface area contributed by atoms with Crippen molar-refractivity contribution in [2.45, 2.75) is 121 Å². The molecule has 0 aromatic rings. The lowest BCUT2D eigenvalue weighted by Gasteiger charge is -2.38. The van der Waals surface area contributed by atoms with E-state index < -0.39 is 11.9 Å². The molecule has 3 atom stereocenters. The fourth-order valence-corrected chi connectivity index (χ4v) is 8.02. The van der Waals surface area contributed by atoms with Gasteiger partial charge in [-0.15, -0.1) is 11.8 Å². The van der Waals surface area contributed by atoms with E-state index in [0.717, 1.165) is 6.42 Å². The van der Waals surface area contributed by atoms with E-state index >= 15 is 0 Å². The Morgan fingerprint density at radius 3 is 1.92 bits per heavy atom. The molecule has 0 aromatic heterocycles. The second-order valence-electron chi connectivity index (χ2n) is 13.7. The molecule has 288 valence electrons. The minimum atomic E-state index is -0.694. The lowest BCUT2D eigenvalue weighted by atomic mass is 9.83. The van der Waals surface area contributed by atoms with E-state index in [1.807, 2.05) is 13.8 Å². The number of rotatable bonds is 25. The molecule has 1 heterocycles. The van der Waals surface area contributed by atoms with E-state index in [0.29, 0.717) is 58.7 Å². The summed E-state index contributed by atoms with van der Waals surface area (Å²) in [5, 5.41) is 5.03. The zero-order valence-electron chi connectivity index (χ0n) is 31.0. The van der Waals surface area contributed by atoms with Crippen molar-refractivity contribution in [3.63, 3.8) is 0 Å². The molecule has 0 aromatic carbocycles. The van der Waals surface area contributed by atoms with Crippen LogP contribution in [0.15, 0.2) is 0 Å². The summed E-state index contributed by atoms with van der Waals surface area (Å²) in [6, 6.07) is -0.694. The van der Waals surface area contributed by atoms with Crippen molar-refractivity contribution < 1.29 is 42.9 Å². The van der Waals surface area contributed by atoms with Crippen LogP contribution in [-0.2, 0) is 42.9 Å². The smallest absolute Gasteiger partial charge is 0.242 e. The summed E-state index contributed by atoms with van der Waals surface area (Å²) >= 11 is 1.70. The number of ether oxygens (including phenoxy) is 4. The first-order valence-corrected chi connectivity index (χ1v) is 19.5. The van der Waals surface area contributed by atoms with Gasteiger partial charge >= 0.3 is 0 Å². The summed E-state index contributed by atoms with van der Waals surface area (Å²) in [5.41, 5.74) is 5.30. The van der Waals surface area contributed by atoms with Gasteiger partial charge in [0.1, 0.15) is 6.04 Å². The Morgan fingerprint density at radius 2 is 1.38 bits per heavy atom. The minimum absolute atomic E-state index is 0.0376. The molecule has 0 bridgehead atoms. The summed E-state index contributed by atoms with van der Waals surface area (Å²) in [5.74, 6) is -0.948. The van der Waals surface area contributed by atoms with Crippen LogP contribution in [0.1, 0.15) is 105 Å². The lowest BCUT2D eigenvalue weighted by molar-refractivity contribution is -0.138. The van der Waals surface area contributed by atoms with Gasteiger partial charge in [0.15, 0.2) is 0 Å². The quantitative estimate of drug-likeness (QED) is 0.0934. The lowest BCUT2D eigenvalue weighted by Crippen LogP contribution is -2.47. The maximum absolute atomic E-state index is 13.2. The van der Waals surface area contributed by atoms with Crippen LogP contribution in [0.4, 0.5) is 0 Å². The van der Waals surface area contributed by atoms with Gasteiger partial charge in [0.25, 0.3) is 0 Å². The second-order valence-corrected chi connectivity index (χ2v) is 15.5. The predicted octanol–water partition coefficient (Wildman–Crippen LogP) is 3.36. The fourth-order valence-electron chi connectivity index (χ4n) is 6.32. The van der Waals surface area contributed by atoms with E-state index in [1.54, 1.807) is 11.8 Å². The predicted molar refractivity (Wildman–Crippen MR) is 193 cm³/mol. The van der Waals surface area contributed by atoms with Crippen LogP contribution in [0.2, 0.25) is 0 Å². The number of carbonyl (C=O) groups excluding carboxylic acids is 5. The highest BCUT2D eigenvalue weighted by Crippen LogP contribution is 2.46. The second kappa shape index (κ2) is 24.8. The van der Waals surface area contributed by atoms with Crippen molar-refractivity contribution >= 4 is 41.3 Å². The summed E-state index contributed by atoms with van der Waals surface area (Å²) in [4.78, 5) is 63.0. The molecule has 13 nitrogen and oxygen atoms in total.